The molecule has 0 radical (unpaired) electrons. The lowest BCUT2D eigenvalue weighted by Gasteiger charge is -2.32. The summed E-state index contributed by atoms with van der Waals surface area (Å²) in [6.45, 7) is 5.59. The lowest BCUT2D eigenvalue weighted by atomic mass is 9.80. The predicted octanol–water partition coefficient (Wildman–Crippen LogP) is 4.47. The highest BCUT2D eigenvalue weighted by molar-refractivity contribution is 5.25. The molecular weight excluding hydrogens is 230 g/mol. The van der Waals surface area contributed by atoms with Crippen LogP contribution in [0.1, 0.15) is 56.2 Å². The molecule has 19 heavy (non-hydrogen) atoms. The molecule has 3 rings (SSSR count). The monoisotopic (exact) mass is 257 g/mol. The number of rotatable bonds is 5. The number of nitrogens with one attached hydrogen (secondary N) is 1. The van der Waals surface area contributed by atoms with E-state index in [2.05, 4.69) is 43.4 Å². The van der Waals surface area contributed by atoms with Gasteiger partial charge in [0.25, 0.3) is 0 Å². The molecule has 4 atom stereocenters. The second-order valence-corrected chi connectivity index (χ2v) is 6.68. The van der Waals surface area contributed by atoms with E-state index in [1.54, 1.807) is 0 Å². The van der Waals surface area contributed by atoms with Crippen molar-refractivity contribution in [1.82, 2.24) is 5.32 Å². The summed E-state index contributed by atoms with van der Waals surface area (Å²) in [4.78, 5) is 0. The maximum atomic E-state index is 3.83. The van der Waals surface area contributed by atoms with E-state index in [9.17, 15) is 0 Å². The van der Waals surface area contributed by atoms with Crippen LogP contribution in [0.15, 0.2) is 24.3 Å². The molecule has 2 bridgehead atoms. The van der Waals surface area contributed by atoms with Gasteiger partial charge in [-0.3, -0.25) is 0 Å². The van der Waals surface area contributed by atoms with Crippen molar-refractivity contribution in [2.75, 3.05) is 6.54 Å². The van der Waals surface area contributed by atoms with Gasteiger partial charge in [-0.05, 0) is 62.5 Å². The van der Waals surface area contributed by atoms with Crippen LogP contribution in [0.4, 0.5) is 0 Å². The molecule has 0 aromatic heterocycles. The average molecular weight is 257 g/mol. The highest BCUT2D eigenvalue weighted by Gasteiger charge is 2.43. The van der Waals surface area contributed by atoms with Crippen molar-refractivity contribution in [3.05, 3.63) is 35.4 Å². The molecule has 1 aromatic carbocycles. The summed E-state index contributed by atoms with van der Waals surface area (Å²) in [5, 5.41) is 3.83. The van der Waals surface area contributed by atoms with Gasteiger partial charge in [0.15, 0.2) is 0 Å². The van der Waals surface area contributed by atoms with Crippen LogP contribution in [0.2, 0.25) is 0 Å². The van der Waals surface area contributed by atoms with E-state index in [-0.39, 0.29) is 0 Å². The smallest absolute Gasteiger partial charge is 0.0351 e. The number of hydrogen-bond acceptors (Lipinski definition) is 1. The van der Waals surface area contributed by atoms with Crippen LogP contribution in [0.25, 0.3) is 0 Å². The molecule has 4 unspecified atom stereocenters. The van der Waals surface area contributed by atoms with Gasteiger partial charge in [0.2, 0.25) is 0 Å². The minimum atomic E-state index is 0.593. The molecular formula is C18H27N. The molecule has 2 aliphatic rings. The molecule has 0 aliphatic heterocycles. The zero-order valence-corrected chi connectivity index (χ0v) is 12.4. The summed E-state index contributed by atoms with van der Waals surface area (Å²) < 4.78 is 0. The molecule has 1 N–H and O–H groups in total. The van der Waals surface area contributed by atoms with E-state index in [0.29, 0.717) is 6.04 Å². The van der Waals surface area contributed by atoms with E-state index in [0.717, 1.165) is 24.3 Å². The first-order valence-electron chi connectivity index (χ1n) is 8.08. The zero-order chi connectivity index (χ0) is 13.2. The number of aryl methyl sites for hydroxylation is 1. The van der Waals surface area contributed by atoms with Crippen LogP contribution >= 0.6 is 0 Å². The molecule has 2 saturated carbocycles. The molecule has 104 valence electrons. The van der Waals surface area contributed by atoms with Crippen molar-refractivity contribution >= 4 is 0 Å². The Morgan fingerprint density at radius 3 is 2.53 bits per heavy atom. The highest BCUT2D eigenvalue weighted by Crippen LogP contribution is 2.52. The normalized spacial score (nSPS) is 30.7. The Balaban J connectivity index is 1.79. The average Bonchev–Trinajstić information content (AvgIpc) is 3.04. The first-order chi connectivity index (χ1) is 9.28. The topological polar surface area (TPSA) is 12.0 Å². The maximum Gasteiger partial charge on any atom is 0.0351 e. The van der Waals surface area contributed by atoms with E-state index >= 15 is 0 Å². The summed E-state index contributed by atoms with van der Waals surface area (Å²) >= 11 is 0. The SMILES string of the molecule is CCCNC(c1ccc(C)cc1)C1CC2CCC1C2. The fourth-order valence-corrected chi connectivity index (χ4v) is 4.29. The van der Waals surface area contributed by atoms with E-state index in [1.165, 1.54) is 43.2 Å². The molecule has 0 amide bonds. The van der Waals surface area contributed by atoms with Crippen molar-refractivity contribution in [3.8, 4) is 0 Å². The third-order valence-corrected chi connectivity index (χ3v) is 5.27. The zero-order valence-electron chi connectivity index (χ0n) is 12.4. The number of fused-ring (bicyclic) bond motifs is 2. The summed E-state index contributed by atoms with van der Waals surface area (Å²) in [7, 11) is 0. The Morgan fingerprint density at radius 2 is 1.95 bits per heavy atom. The highest BCUT2D eigenvalue weighted by atomic mass is 14.9. The van der Waals surface area contributed by atoms with Gasteiger partial charge in [0.1, 0.15) is 0 Å². The fourth-order valence-electron chi connectivity index (χ4n) is 4.29. The van der Waals surface area contributed by atoms with Gasteiger partial charge in [0.05, 0.1) is 0 Å². The van der Waals surface area contributed by atoms with Gasteiger partial charge >= 0.3 is 0 Å². The molecule has 1 aromatic rings. The molecule has 2 fully saturated rings. The van der Waals surface area contributed by atoms with E-state index in [4.69, 9.17) is 0 Å². The van der Waals surface area contributed by atoms with Gasteiger partial charge in [-0.2, -0.15) is 0 Å². The fraction of sp³-hybridized carbons (Fsp3) is 0.667. The van der Waals surface area contributed by atoms with Crippen LogP contribution in [-0.2, 0) is 0 Å². The van der Waals surface area contributed by atoms with E-state index < -0.39 is 0 Å². The second kappa shape index (κ2) is 5.66. The Labute approximate surface area is 117 Å². The molecule has 0 spiro atoms. The quantitative estimate of drug-likeness (QED) is 0.820. The molecule has 0 heterocycles. The van der Waals surface area contributed by atoms with Gasteiger partial charge in [-0.15, -0.1) is 0 Å². The second-order valence-electron chi connectivity index (χ2n) is 6.68. The minimum Gasteiger partial charge on any atom is -0.310 e. The Kier molecular flexibility index (Phi) is 3.93. The van der Waals surface area contributed by atoms with Crippen molar-refractivity contribution < 1.29 is 0 Å². The van der Waals surface area contributed by atoms with Crippen molar-refractivity contribution in [2.45, 2.75) is 52.0 Å². The van der Waals surface area contributed by atoms with E-state index in [1.807, 2.05) is 0 Å². The Bertz CT molecular complexity index is 408. The van der Waals surface area contributed by atoms with Crippen LogP contribution in [0.3, 0.4) is 0 Å². The summed E-state index contributed by atoms with van der Waals surface area (Å²) in [6.07, 6.45) is 7.16. The first kappa shape index (κ1) is 13.2. The molecule has 2 aliphatic carbocycles. The number of benzene rings is 1. The minimum absolute atomic E-state index is 0.593. The van der Waals surface area contributed by atoms with Crippen molar-refractivity contribution in [1.29, 1.82) is 0 Å². The maximum absolute atomic E-state index is 3.83. The molecule has 1 nitrogen and oxygen atoms in total. The lowest BCUT2D eigenvalue weighted by Crippen LogP contribution is -2.32. The third kappa shape index (κ3) is 2.72. The van der Waals surface area contributed by atoms with Gasteiger partial charge < -0.3 is 5.32 Å². The van der Waals surface area contributed by atoms with Crippen LogP contribution < -0.4 is 5.32 Å². The van der Waals surface area contributed by atoms with Crippen LogP contribution in [0, 0.1) is 24.7 Å². The van der Waals surface area contributed by atoms with Crippen molar-refractivity contribution in [2.24, 2.45) is 17.8 Å². The Morgan fingerprint density at radius 1 is 1.16 bits per heavy atom. The van der Waals surface area contributed by atoms with Gasteiger partial charge in [0, 0.05) is 6.04 Å². The predicted molar refractivity (Wildman–Crippen MR) is 81.2 cm³/mol. The lowest BCUT2D eigenvalue weighted by molar-refractivity contribution is 0.251. The molecule has 0 saturated heterocycles. The standard InChI is InChI=1S/C18H27N/c1-3-10-19-18(15-7-4-13(2)5-8-15)17-12-14-6-9-16(17)11-14/h4-5,7-8,14,16-19H,3,6,9-12H2,1-2H3. The van der Waals surface area contributed by atoms with Crippen molar-refractivity contribution in [3.63, 3.8) is 0 Å². The van der Waals surface area contributed by atoms with Crippen LogP contribution in [0.5, 0.6) is 0 Å². The van der Waals surface area contributed by atoms with Gasteiger partial charge in [-0.1, -0.05) is 43.2 Å². The Hall–Kier alpha value is -0.820. The summed E-state index contributed by atoms with van der Waals surface area (Å²) in [5.41, 5.74) is 2.88. The summed E-state index contributed by atoms with van der Waals surface area (Å²) in [5.74, 6) is 2.90. The molecule has 1 heteroatoms. The largest absolute Gasteiger partial charge is 0.310 e. The number of hydrogen-bond donors (Lipinski definition) is 1. The first-order valence-corrected chi connectivity index (χ1v) is 8.08. The van der Waals surface area contributed by atoms with Gasteiger partial charge in [-0.25, -0.2) is 0 Å². The van der Waals surface area contributed by atoms with Crippen LogP contribution in [-0.4, -0.2) is 6.54 Å². The third-order valence-electron chi connectivity index (χ3n) is 5.27. The summed E-state index contributed by atoms with van der Waals surface area (Å²) in [6, 6.07) is 9.81.